The third kappa shape index (κ3) is 3.20. The van der Waals surface area contributed by atoms with E-state index in [1.807, 2.05) is 42.5 Å². The second-order valence-electron chi connectivity index (χ2n) is 4.61. The van der Waals surface area contributed by atoms with Crippen LogP contribution in [0, 0.1) is 0 Å². The highest BCUT2D eigenvalue weighted by molar-refractivity contribution is 7.18. The van der Waals surface area contributed by atoms with Crippen LogP contribution >= 0.6 is 11.3 Å². The number of hydrogen-bond acceptors (Lipinski definition) is 5. The smallest absolute Gasteiger partial charge is 0.310 e. The number of esters is 1. The summed E-state index contributed by atoms with van der Waals surface area (Å²) in [6.07, 6.45) is 0.178. The third-order valence-corrected chi connectivity index (χ3v) is 4.09. The lowest BCUT2D eigenvalue weighted by Crippen LogP contribution is -2.09. The fourth-order valence-electron chi connectivity index (χ4n) is 2.03. The van der Waals surface area contributed by atoms with Crippen LogP contribution in [0.1, 0.15) is 10.6 Å². The maximum Gasteiger partial charge on any atom is 0.310 e. The van der Waals surface area contributed by atoms with Gasteiger partial charge in [-0.15, -0.1) is 11.3 Å². The number of fused-ring (bicyclic) bond motifs is 1. The molecule has 1 heterocycles. The second kappa shape index (κ2) is 5.93. The van der Waals surface area contributed by atoms with Crippen LogP contribution in [0.25, 0.3) is 10.2 Å². The quantitative estimate of drug-likeness (QED) is 0.593. The summed E-state index contributed by atoms with van der Waals surface area (Å²) < 4.78 is 6.36. The van der Waals surface area contributed by atoms with Crippen molar-refractivity contribution in [3.63, 3.8) is 0 Å². The molecule has 0 amide bonds. The Labute approximate surface area is 126 Å². The van der Waals surface area contributed by atoms with Crippen LogP contribution in [0.3, 0.4) is 0 Å². The average molecular weight is 298 g/mol. The van der Waals surface area contributed by atoms with E-state index in [0.29, 0.717) is 5.69 Å². The SMILES string of the molecule is Nc1ccccc1CC(=O)OCc1nc2ccccc2s1. The van der Waals surface area contributed by atoms with Gasteiger partial charge >= 0.3 is 5.97 Å². The molecule has 106 valence electrons. The van der Waals surface area contributed by atoms with Gasteiger partial charge in [0.1, 0.15) is 11.6 Å². The first-order chi connectivity index (χ1) is 10.2. The number of carbonyl (C=O) groups excluding carboxylic acids is 1. The largest absolute Gasteiger partial charge is 0.458 e. The topological polar surface area (TPSA) is 65.2 Å². The molecule has 3 aromatic rings. The van der Waals surface area contributed by atoms with E-state index in [1.54, 1.807) is 6.07 Å². The second-order valence-corrected chi connectivity index (χ2v) is 5.73. The van der Waals surface area contributed by atoms with Crippen LogP contribution in [-0.4, -0.2) is 11.0 Å². The van der Waals surface area contributed by atoms with Crippen molar-refractivity contribution in [2.75, 3.05) is 5.73 Å². The molecule has 0 spiro atoms. The van der Waals surface area contributed by atoms with Crippen LogP contribution in [0.5, 0.6) is 0 Å². The number of thiazole rings is 1. The molecule has 0 fully saturated rings. The Bertz CT molecular complexity index is 750. The molecule has 0 atom stereocenters. The van der Waals surface area contributed by atoms with E-state index >= 15 is 0 Å². The van der Waals surface area contributed by atoms with E-state index in [1.165, 1.54) is 11.3 Å². The molecular weight excluding hydrogens is 284 g/mol. The zero-order valence-electron chi connectivity index (χ0n) is 11.3. The number of nitrogen functional groups attached to an aromatic ring is 1. The fraction of sp³-hybridized carbons (Fsp3) is 0.125. The Kier molecular flexibility index (Phi) is 3.83. The Balaban J connectivity index is 1.62. The van der Waals surface area contributed by atoms with Crippen LogP contribution in [0.15, 0.2) is 48.5 Å². The number of para-hydroxylation sites is 2. The highest BCUT2D eigenvalue weighted by atomic mass is 32.1. The number of rotatable bonds is 4. The van der Waals surface area contributed by atoms with Gasteiger partial charge in [-0.3, -0.25) is 4.79 Å². The van der Waals surface area contributed by atoms with Gasteiger partial charge in [-0.05, 0) is 23.8 Å². The van der Waals surface area contributed by atoms with E-state index in [4.69, 9.17) is 10.5 Å². The van der Waals surface area contributed by atoms with Crippen LogP contribution in [-0.2, 0) is 22.6 Å². The van der Waals surface area contributed by atoms with Crippen molar-refractivity contribution in [3.05, 3.63) is 59.1 Å². The van der Waals surface area contributed by atoms with E-state index in [-0.39, 0.29) is 19.0 Å². The van der Waals surface area contributed by atoms with Gasteiger partial charge in [-0.1, -0.05) is 30.3 Å². The number of ether oxygens (including phenoxy) is 1. The summed E-state index contributed by atoms with van der Waals surface area (Å²) >= 11 is 1.54. The Morgan fingerprint density at radius 2 is 1.90 bits per heavy atom. The first-order valence-electron chi connectivity index (χ1n) is 6.56. The van der Waals surface area contributed by atoms with Crippen LogP contribution in [0.2, 0.25) is 0 Å². The van der Waals surface area contributed by atoms with Crippen LogP contribution < -0.4 is 5.73 Å². The number of nitrogens with two attached hydrogens (primary N) is 1. The molecule has 3 rings (SSSR count). The first kappa shape index (κ1) is 13.6. The van der Waals surface area contributed by atoms with Gasteiger partial charge in [0.15, 0.2) is 0 Å². The molecule has 0 saturated heterocycles. The van der Waals surface area contributed by atoms with Gasteiger partial charge in [0.05, 0.1) is 16.6 Å². The van der Waals surface area contributed by atoms with Gasteiger partial charge in [0, 0.05) is 5.69 Å². The van der Waals surface area contributed by atoms with Crippen molar-refractivity contribution in [2.45, 2.75) is 13.0 Å². The number of carbonyl (C=O) groups is 1. The molecule has 0 radical (unpaired) electrons. The van der Waals surface area contributed by atoms with Crippen molar-refractivity contribution in [1.29, 1.82) is 0 Å². The highest BCUT2D eigenvalue weighted by Gasteiger charge is 2.09. The summed E-state index contributed by atoms with van der Waals surface area (Å²) in [5, 5.41) is 0.797. The van der Waals surface area contributed by atoms with Gasteiger partial charge in [0.25, 0.3) is 0 Å². The minimum atomic E-state index is -0.299. The number of benzene rings is 2. The lowest BCUT2D eigenvalue weighted by Gasteiger charge is -2.05. The van der Waals surface area contributed by atoms with E-state index in [0.717, 1.165) is 20.8 Å². The normalized spacial score (nSPS) is 10.7. The summed E-state index contributed by atoms with van der Waals surface area (Å²) in [5.41, 5.74) is 8.13. The van der Waals surface area contributed by atoms with Crippen molar-refractivity contribution in [2.24, 2.45) is 0 Å². The maximum atomic E-state index is 11.9. The molecule has 0 unspecified atom stereocenters. The molecule has 21 heavy (non-hydrogen) atoms. The van der Waals surface area contributed by atoms with Crippen molar-refractivity contribution >= 4 is 33.2 Å². The average Bonchev–Trinajstić information content (AvgIpc) is 2.90. The molecular formula is C16H14N2O2S. The van der Waals surface area contributed by atoms with Gasteiger partial charge < -0.3 is 10.5 Å². The molecule has 0 aliphatic carbocycles. The first-order valence-corrected chi connectivity index (χ1v) is 7.37. The number of hydrogen-bond donors (Lipinski definition) is 1. The van der Waals surface area contributed by atoms with Gasteiger partial charge in [-0.2, -0.15) is 0 Å². The molecule has 2 N–H and O–H groups in total. The van der Waals surface area contributed by atoms with Crippen molar-refractivity contribution < 1.29 is 9.53 Å². The number of anilines is 1. The molecule has 5 heteroatoms. The molecule has 1 aromatic heterocycles. The minimum absolute atomic E-state index is 0.178. The predicted octanol–water partition coefficient (Wildman–Crippen LogP) is 3.16. The Morgan fingerprint density at radius 1 is 1.14 bits per heavy atom. The lowest BCUT2D eigenvalue weighted by molar-refractivity contribution is -0.144. The molecule has 0 saturated carbocycles. The molecule has 0 aliphatic rings. The van der Waals surface area contributed by atoms with Crippen LogP contribution in [0.4, 0.5) is 5.69 Å². The maximum absolute atomic E-state index is 11.9. The summed E-state index contributed by atoms with van der Waals surface area (Å²) in [6.45, 7) is 0.199. The zero-order valence-corrected chi connectivity index (χ0v) is 12.1. The van der Waals surface area contributed by atoms with Crippen molar-refractivity contribution in [1.82, 2.24) is 4.98 Å². The highest BCUT2D eigenvalue weighted by Crippen LogP contribution is 2.22. The molecule has 4 nitrogen and oxygen atoms in total. The summed E-state index contributed by atoms with van der Waals surface area (Å²) in [5.74, 6) is -0.299. The standard InChI is InChI=1S/C16H14N2O2S/c17-12-6-2-1-5-11(12)9-16(19)20-10-15-18-13-7-3-4-8-14(13)21-15/h1-8H,9-10,17H2. The van der Waals surface area contributed by atoms with Crippen molar-refractivity contribution in [3.8, 4) is 0 Å². The summed E-state index contributed by atoms with van der Waals surface area (Å²) in [7, 11) is 0. The third-order valence-electron chi connectivity index (χ3n) is 3.08. The van der Waals surface area contributed by atoms with Gasteiger partial charge in [0.2, 0.25) is 0 Å². The zero-order chi connectivity index (χ0) is 14.7. The summed E-state index contributed by atoms with van der Waals surface area (Å²) in [6, 6.07) is 15.2. The Morgan fingerprint density at radius 3 is 2.71 bits per heavy atom. The van der Waals surface area contributed by atoms with E-state index in [9.17, 15) is 4.79 Å². The molecule has 0 bridgehead atoms. The van der Waals surface area contributed by atoms with E-state index in [2.05, 4.69) is 4.98 Å². The molecule has 0 aliphatic heterocycles. The Hall–Kier alpha value is -2.40. The summed E-state index contributed by atoms with van der Waals surface area (Å²) in [4.78, 5) is 16.3. The number of aromatic nitrogens is 1. The fourth-order valence-corrected chi connectivity index (χ4v) is 2.91. The van der Waals surface area contributed by atoms with Gasteiger partial charge in [-0.25, -0.2) is 4.98 Å². The van der Waals surface area contributed by atoms with E-state index < -0.39 is 0 Å². The number of nitrogens with zero attached hydrogens (tertiary/aromatic N) is 1. The lowest BCUT2D eigenvalue weighted by atomic mass is 10.1. The minimum Gasteiger partial charge on any atom is -0.458 e. The molecule has 2 aromatic carbocycles. The monoisotopic (exact) mass is 298 g/mol. The predicted molar refractivity (Wildman–Crippen MR) is 84.0 cm³/mol.